The topological polar surface area (TPSA) is 75.4 Å². The van der Waals surface area contributed by atoms with Crippen molar-refractivity contribution in [2.24, 2.45) is 0 Å². The number of carbonyl (C=O) groups is 1. The zero-order chi connectivity index (χ0) is 14.5. The van der Waals surface area contributed by atoms with Crippen LogP contribution in [0.15, 0.2) is 34.9 Å². The lowest BCUT2D eigenvalue weighted by Gasteiger charge is -2.11. The van der Waals surface area contributed by atoms with E-state index >= 15 is 0 Å². The molecule has 0 saturated carbocycles. The van der Waals surface area contributed by atoms with Crippen LogP contribution in [-0.4, -0.2) is 28.8 Å². The van der Waals surface area contributed by atoms with E-state index in [4.69, 9.17) is 9.63 Å². The van der Waals surface area contributed by atoms with Crippen molar-refractivity contribution in [2.45, 2.75) is 19.4 Å². The van der Waals surface area contributed by atoms with Crippen LogP contribution < -0.4 is 5.32 Å². The summed E-state index contributed by atoms with van der Waals surface area (Å²) in [5, 5.41) is 15.3. The summed E-state index contributed by atoms with van der Waals surface area (Å²) in [6, 6.07) is 7.11. The van der Waals surface area contributed by atoms with Gasteiger partial charge in [0, 0.05) is 6.07 Å². The molecule has 0 spiro atoms. The van der Waals surface area contributed by atoms with Gasteiger partial charge in [-0.25, -0.2) is 4.39 Å². The zero-order valence-corrected chi connectivity index (χ0v) is 11.0. The van der Waals surface area contributed by atoms with Crippen LogP contribution in [0.5, 0.6) is 0 Å². The number of aliphatic hydroxyl groups is 1. The molecule has 0 aliphatic heterocycles. The summed E-state index contributed by atoms with van der Waals surface area (Å²) in [6.07, 6.45) is 0.597. The molecule has 20 heavy (non-hydrogen) atoms. The molecule has 2 aromatic rings. The van der Waals surface area contributed by atoms with Crippen molar-refractivity contribution in [1.82, 2.24) is 10.5 Å². The number of nitrogens with one attached hydrogen (secondary N) is 1. The quantitative estimate of drug-likeness (QED) is 0.877. The smallest absolute Gasteiger partial charge is 0.273 e. The number of aromatic nitrogens is 1. The maximum atomic E-state index is 13.6. The van der Waals surface area contributed by atoms with Crippen LogP contribution >= 0.6 is 0 Å². The van der Waals surface area contributed by atoms with E-state index in [0.717, 1.165) is 0 Å². The van der Waals surface area contributed by atoms with E-state index in [0.29, 0.717) is 6.42 Å². The zero-order valence-electron chi connectivity index (χ0n) is 11.0. The number of aliphatic hydroxyl groups excluding tert-OH is 1. The van der Waals surface area contributed by atoms with E-state index in [1.54, 1.807) is 18.2 Å². The SMILES string of the molecule is CCC(CO)NC(=O)c1cc(-c2ccccc2F)on1. The van der Waals surface area contributed by atoms with E-state index in [1.165, 1.54) is 12.1 Å². The number of benzene rings is 1. The van der Waals surface area contributed by atoms with E-state index < -0.39 is 11.7 Å². The van der Waals surface area contributed by atoms with Crippen LogP contribution in [0.25, 0.3) is 11.3 Å². The summed E-state index contributed by atoms with van der Waals surface area (Å²) in [6.45, 7) is 1.69. The van der Waals surface area contributed by atoms with Gasteiger partial charge in [-0.15, -0.1) is 0 Å². The Labute approximate surface area is 115 Å². The summed E-state index contributed by atoms with van der Waals surface area (Å²) < 4.78 is 18.6. The molecule has 1 atom stereocenters. The molecule has 0 aliphatic rings. The summed E-state index contributed by atoms with van der Waals surface area (Å²) >= 11 is 0. The van der Waals surface area contributed by atoms with Gasteiger partial charge in [-0.3, -0.25) is 4.79 Å². The maximum absolute atomic E-state index is 13.6. The summed E-state index contributed by atoms with van der Waals surface area (Å²) in [4.78, 5) is 11.9. The Morgan fingerprint density at radius 2 is 2.25 bits per heavy atom. The van der Waals surface area contributed by atoms with Gasteiger partial charge in [0.05, 0.1) is 18.2 Å². The van der Waals surface area contributed by atoms with E-state index in [9.17, 15) is 9.18 Å². The van der Waals surface area contributed by atoms with Crippen LogP contribution in [-0.2, 0) is 0 Å². The molecule has 5 nitrogen and oxygen atoms in total. The maximum Gasteiger partial charge on any atom is 0.273 e. The van der Waals surface area contributed by atoms with Gasteiger partial charge in [-0.1, -0.05) is 24.2 Å². The fourth-order valence-electron chi connectivity index (χ4n) is 1.71. The Hall–Kier alpha value is -2.21. The number of amides is 1. The van der Waals surface area contributed by atoms with E-state index in [2.05, 4.69) is 10.5 Å². The number of carbonyl (C=O) groups excluding carboxylic acids is 1. The van der Waals surface area contributed by atoms with Gasteiger partial charge < -0.3 is 14.9 Å². The number of hydrogen-bond donors (Lipinski definition) is 2. The number of nitrogens with zero attached hydrogens (tertiary/aromatic N) is 1. The van der Waals surface area contributed by atoms with Crippen molar-refractivity contribution in [3.8, 4) is 11.3 Å². The third kappa shape index (κ3) is 3.03. The predicted molar refractivity (Wildman–Crippen MR) is 70.5 cm³/mol. The van der Waals surface area contributed by atoms with E-state index in [-0.39, 0.29) is 29.7 Å². The molecule has 1 aromatic carbocycles. The van der Waals surface area contributed by atoms with Crippen molar-refractivity contribution < 1.29 is 18.8 Å². The molecule has 0 radical (unpaired) electrons. The molecular weight excluding hydrogens is 263 g/mol. The van der Waals surface area contributed by atoms with Gasteiger partial charge in [0.1, 0.15) is 5.82 Å². The summed E-state index contributed by atoms with van der Waals surface area (Å²) in [5.41, 5.74) is 0.295. The number of halogens is 1. The fraction of sp³-hybridized carbons (Fsp3) is 0.286. The number of rotatable bonds is 5. The number of hydrogen-bond acceptors (Lipinski definition) is 4. The first-order chi connectivity index (χ1) is 9.65. The molecular formula is C14H15FN2O3. The lowest BCUT2D eigenvalue weighted by atomic mass is 10.1. The third-order valence-electron chi connectivity index (χ3n) is 2.93. The highest BCUT2D eigenvalue weighted by molar-refractivity contribution is 5.93. The van der Waals surface area contributed by atoms with E-state index in [1.807, 2.05) is 6.92 Å². The molecule has 2 rings (SSSR count). The highest BCUT2D eigenvalue weighted by Gasteiger charge is 2.17. The monoisotopic (exact) mass is 278 g/mol. The fourth-order valence-corrected chi connectivity index (χ4v) is 1.71. The van der Waals surface area contributed by atoms with Gasteiger partial charge in [0.25, 0.3) is 5.91 Å². The molecule has 0 saturated heterocycles. The molecule has 1 amide bonds. The second-order valence-corrected chi connectivity index (χ2v) is 4.32. The van der Waals surface area contributed by atoms with Crippen LogP contribution in [0.1, 0.15) is 23.8 Å². The van der Waals surface area contributed by atoms with Crippen LogP contribution in [0.3, 0.4) is 0 Å². The Bertz CT molecular complexity index is 594. The molecule has 6 heteroatoms. The molecule has 1 aromatic heterocycles. The lowest BCUT2D eigenvalue weighted by Crippen LogP contribution is -2.37. The molecule has 0 aliphatic carbocycles. The second-order valence-electron chi connectivity index (χ2n) is 4.32. The normalized spacial score (nSPS) is 12.2. The first-order valence-electron chi connectivity index (χ1n) is 6.29. The molecule has 106 valence electrons. The van der Waals surface area contributed by atoms with Crippen LogP contribution in [0.4, 0.5) is 4.39 Å². The van der Waals surface area contributed by atoms with Crippen LogP contribution in [0.2, 0.25) is 0 Å². The first-order valence-corrected chi connectivity index (χ1v) is 6.29. The van der Waals surface area contributed by atoms with Gasteiger partial charge in [0.15, 0.2) is 11.5 Å². The first kappa shape index (κ1) is 14.2. The Morgan fingerprint density at radius 3 is 2.90 bits per heavy atom. The van der Waals surface area contributed by atoms with Crippen molar-refractivity contribution in [1.29, 1.82) is 0 Å². The van der Waals surface area contributed by atoms with Crippen LogP contribution in [0, 0.1) is 5.82 Å². The molecule has 0 bridgehead atoms. The highest BCUT2D eigenvalue weighted by Crippen LogP contribution is 2.23. The minimum atomic E-state index is -0.461. The minimum Gasteiger partial charge on any atom is -0.394 e. The molecule has 2 N–H and O–H groups in total. The third-order valence-corrected chi connectivity index (χ3v) is 2.93. The second kappa shape index (κ2) is 6.29. The molecule has 0 fully saturated rings. The van der Waals surface area contributed by atoms with Crippen molar-refractivity contribution in [2.75, 3.05) is 6.61 Å². The largest absolute Gasteiger partial charge is 0.394 e. The Balaban J connectivity index is 2.17. The van der Waals surface area contributed by atoms with Gasteiger partial charge in [0.2, 0.25) is 0 Å². The highest BCUT2D eigenvalue weighted by atomic mass is 19.1. The Kier molecular flexibility index (Phi) is 4.47. The average molecular weight is 278 g/mol. The average Bonchev–Trinajstić information content (AvgIpc) is 2.94. The van der Waals surface area contributed by atoms with Crippen molar-refractivity contribution >= 4 is 5.91 Å². The lowest BCUT2D eigenvalue weighted by molar-refractivity contribution is 0.0906. The van der Waals surface area contributed by atoms with Gasteiger partial charge >= 0.3 is 0 Å². The van der Waals surface area contributed by atoms with Crippen molar-refractivity contribution in [3.05, 3.63) is 41.8 Å². The minimum absolute atomic E-state index is 0.0511. The Morgan fingerprint density at radius 1 is 1.50 bits per heavy atom. The summed E-state index contributed by atoms with van der Waals surface area (Å²) in [7, 11) is 0. The molecule has 1 unspecified atom stereocenters. The molecule has 1 heterocycles. The van der Waals surface area contributed by atoms with Gasteiger partial charge in [-0.2, -0.15) is 0 Å². The summed E-state index contributed by atoms with van der Waals surface area (Å²) in [5.74, 6) is -0.722. The van der Waals surface area contributed by atoms with Crippen molar-refractivity contribution in [3.63, 3.8) is 0 Å². The predicted octanol–water partition coefficient (Wildman–Crippen LogP) is 1.98. The standard InChI is InChI=1S/C14H15FN2O3/c1-2-9(8-18)16-14(19)12-7-13(20-17-12)10-5-3-4-6-11(10)15/h3-7,9,18H,2,8H2,1H3,(H,16,19). The van der Waals surface area contributed by atoms with Gasteiger partial charge in [-0.05, 0) is 18.6 Å².